The van der Waals surface area contributed by atoms with E-state index in [2.05, 4.69) is 5.32 Å². The summed E-state index contributed by atoms with van der Waals surface area (Å²) in [5.74, 6) is -1.17. The van der Waals surface area contributed by atoms with Crippen molar-refractivity contribution in [3.63, 3.8) is 0 Å². The number of benzene rings is 2. The molecule has 0 aliphatic heterocycles. The van der Waals surface area contributed by atoms with E-state index in [-0.39, 0.29) is 23.7 Å². The lowest BCUT2D eigenvalue weighted by Gasteiger charge is -2.17. The van der Waals surface area contributed by atoms with E-state index in [1.807, 2.05) is 13.0 Å². The Morgan fingerprint density at radius 3 is 2.52 bits per heavy atom. The number of aryl methyl sites for hydroxylation is 1. The van der Waals surface area contributed by atoms with Crippen molar-refractivity contribution < 1.29 is 29.3 Å². The molecular weight excluding hydrogens is 350 g/mol. The number of esters is 1. The fraction of sp³-hybridized carbons (Fsp3) is 0.300. The first-order chi connectivity index (χ1) is 12.8. The van der Waals surface area contributed by atoms with Crippen molar-refractivity contribution in [1.29, 1.82) is 0 Å². The molecule has 0 aliphatic carbocycles. The number of carboxylic acid groups (broad SMARTS) is 1. The summed E-state index contributed by atoms with van der Waals surface area (Å²) in [5, 5.41) is 22.2. The lowest BCUT2D eigenvalue weighted by atomic mass is 10.1. The summed E-state index contributed by atoms with van der Waals surface area (Å²) in [5.41, 5.74) is 2.35. The van der Waals surface area contributed by atoms with E-state index in [9.17, 15) is 14.7 Å². The van der Waals surface area contributed by atoms with Crippen molar-refractivity contribution in [1.82, 2.24) is 0 Å². The molecule has 1 unspecified atom stereocenters. The number of carbonyl (C=O) groups excluding carboxylic acids is 1. The van der Waals surface area contributed by atoms with Gasteiger partial charge in [-0.2, -0.15) is 0 Å². The Balaban J connectivity index is 2.21. The summed E-state index contributed by atoms with van der Waals surface area (Å²) < 4.78 is 10.6. The van der Waals surface area contributed by atoms with Crippen LogP contribution in [0.15, 0.2) is 36.4 Å². The predicted molar refractivity (Wildman–Crippen MR) is 100 cm³/mol. The van der Waals surface area contributed by atoms with Gasteiger partial charge in [-0.3, -0.25) is 4.79 Å². The zero-order chi connectivity index (χ0) is 20.0. The molecule has 7 heteroatoms. The van der Waals surface area contributed by atoms with Gasteiger partial charge in [-0.15, -0.1) is 0 Å². The summed E-state index contributed by atoms with van der Waals surface area (Å²) >= 11 is 0. The zero-order valence-electron chi connectivity index (χ0n) is 15.5. The molecule has 0 heterocycles. The second-order valence-electron chi connectivity index (χ2n) is 6.10. The topological polar surface area (TPSA) is 105 Å². The molecule has 27 heavy (non-hydrogen) atoms. The number of rotatable bonds is 8. The van der Waals surface area contributed by atoms with Crippen LogP contribution < -0.4 is 14.8 Å². The van der Waals surface area contributed by atoms with Gasteiger partial charge in [0, 0.05) is 13.5 Å². The van der Waals surface area contributed by atoms with Gasteiger partial charge >= 0.3 is 11.9 Å². The fourth-order valence-electron chi connectivity index (χ4n) is 2.44. The number of carboxylic acids is 1. The van der Waals surface area contributed by atoms with E-state index in [1.54, 1.807) is 37.3 Å². The minimum absolute atomic E-state index is 0.132. The third-order valence-corrected chi connectivity index (χ3v) is 3.81. The summed E-state index contributed by atoms with van der Waals surface area (Å²) in [6, 6.07) is 10.1. The van der Waals surface area contributed by atoms with Crippen molar-refractivity contribution in [2.75, 3.05) is 5.32 Å². The molecule has 0 radical (unpaired) electrons. The second kappa shape index (κ2) is 8.93. The first-order valence-electron chi connectivity index (χ1n) is 8.54. The van der Waals surface area contributed by atoms with Crippen LogP contribution in [0.3, 0.4) is 0 Å². The van der Waals surface area contributed by atoms with Gasteiger partial charge in [0.2, 0.25) is 0 Å². The third-order valence-electron chi connectivity index (χ3n) is 3.81. The van der Waals surface area contributed by atoms with E-state index < -0.39 is 18.0 Å². The van der Waals surface area contributed by atoms with Gasteiger partial charge in [0.1, 0.15) is 5.75 Å². The van der Waals surface area contributed by atoms with E-state index in [1.165, 1.54) is 6.92 Å². The van der Waals surface area contributed by atoms with Gasteiger partial charge in [-0.1, -0.05) is 19.1 Å². The maximum Gasteiger partial charge on any atom is 0.344 e. The lowest BCUT2D eigenvalue weighted by Crippen LogP contribution is -2.26. The molecule has 7 nitrogen and oxygen atoms in total. The largest absolute Gasteiger partial charge is 0.506 e. The van der Waals surface area contributed by atoms with Crippen molar-refractivity contribution in [2.24, 2.45) is 0 Å². The molecule has 144 valence electrons. The molecule has 3 N–H and O–H groups in total. The van der Waals surface area contributed by atoms with Crippen LogP contribution in [0.25, 0.3) is 0 Å². The molecular formula is C20H23NO6. The van der Waals surface area contributed by atoms with E-state index >= 15 is 0 Å². The van der Waals surface area contributed by atoms with E-state index in [0.717, 1.165) is 11.1 Å². The van der Waals surface area contributed by atoms with Gasteiger partial charge in [-0.05, 0) is 48.7 Å². The van der Waals surface area contributed by atoms with Crippen LogP contribution in [0.5, 0.6) is 17.2 Å². The molecule has 2 rings (SSSR count). The monoisotopic (exact) mass is 373 g/mol. The van der Waals surface area contributed by atoms with Gasteiger partial charge in [0.25, 0.3) is 0 Å². The maximum absolute atomic E-state index is 11.4. The Hall–Kier alpha value is -3.22. The van der Waals surface area contributed by atoms with Gasteiger partial charge < -0.3 is 25.0 Å². The molecule has 2 aromatic carbocycles. The predicted octanol–water partition coefficient (Wildman–Crippen LogP) is 3.48. The molecule has 0 aromatic heterocycles. The minimum Gasteiger partial charge on any atom is -0.506 e. The van der Waals surface area contributed by atoms with Crippen LogP contribution in [0.4, 0.5) is 5.69 Å². The van der Waals surface area contributed by atoms with Crippen LogP contribution in [0.1, 0.15) is 31.4 Å². The van der Waals surface area contributed by atoms with Crippen LogP contribution in [0, 0.1) is 6.92 Å². The Morgan fingerprint density at radius 1 is 1.15 bits per heavy atom. The fourth-order valence-corrected chi connectivity index (χ4v) is 2.44. The van der Waals surface area contributed by atoms with Crippen molar-refractivity contribution >= 4 is 17.6 Å². The van der Waals surface area contributed by atoms with E-state index in [4.69, 9.17) is 14.6 Å². The zero-order valence-corrected chi connectivity index (χ0v) is 15.5. The molecule has 0 spiro atoms. The van der Waals surface area contributed by atoms with Crippen LogP contribution in [0.2, 0.25) is 0 Å². The molecule has 0 fully saturated rings. The smallest absolute Gasteiger partial charge is 0.344 e. The number of nitrogens with one attached hydrogen (secondary N) is 1. The number of phenolic OH excluding ortho intramolecular Hbond substituents is 1. The average molecular weight is 373 g/mol. The summed E-state index contributed by atoms with van der Waals surface area (Å²) in [7, 11) is 0. The second-order valence-corrected chi connectivity index (χ2v) is 6.10. The molecule has 0 aliphatic rings. The summed E-state index contributed by atoms with van der Waals surface area (Å²) in [6.07, 6.45) is -0.766. The minimum atomic E-state index is -1.09. The highest BCUT2D eigenvalue weighted by atomic mass is 16.6. The van der Waals surface area contributed by atoms with Crippen LogP contribution >= 0.6 is 0 Å². The molecule has 0 saturated heterocycles. The third kappa shape index (κ3) is 5.64. The molecule has 1 atom stereocenters. The molecule has 0 bridgehead atoms. The number of aliphatic carboxylic acids is 1. The number of ether oxygens (including phenoxy) is 2. The van der Waals surface area contributed by atoms with Crippen molar-refractivity contribution in [3.8, 4) is 17.2 Å². The lowest BCUT2D eigenvalue weighted by molar-refractivity contribution is -0.145. The number of hydrogen-bond acceptors (Lipinski definition) is 6. The Kier molecular flexibility index (Phi) is 6.65. The molecule has 0 saturated carbocycles. The van der Waals surface area contributed by atoms with Crippen molar-refractivity contribution in [3.05, 3.63) is 47.5 Å². The number of aromatic hydroxyl groups is 1. The SMILES string of the molecule is CCC(Oc1ccc(CNc2cc(C)ccc2O)cc1OC(C)=O)C(=O)O. The Labute approximate surface area is 157 Å². The number of hydrogen-bond donors (Lipinski definition) is 3. The summed E-state index contributed by atoms with van der Waals surface area (Å²) in [4.78, 5) is 22.6. The first kappa shape index (κ1) is 20.1. The van der Waals surface area contributed by atoms with Gasteiger partial charge in [0.15, 0.2) is 17.6 Å². The average Bonchev–Trinajstić information content (AvgIpc) is 2.61. The maximum atomic E-state index is 11.4. The molecule has 0 amide bonds. The Morgan fingerprint density at radius 2 is 1.89 bits per heavy atom. The highest BCUT2D eigenvalue weighted by molar-refractivity contribution is 5.73. The highest BCUT2D eigenvalue weighted by Crippen LogP contribution is 2.31. The standard InChI is InChI=1S/C20H23NO6/c1-4-17(20(24)25)27-18-8-6-14(10-19(18)26-13(3)22)11-21-15-9-12(2)5-7-16(15)23/h5-10,17,21,23H,4,11H2,1-3H3,(H,24,25). The van der Waals surface area contributed by atoms with Crippen molar-refractivity contribution in [2.45, 2.75) is 39.8 Å². The van der Waals surface area contributed by atoms with Crippen LogP contribution in [-0.4, -0.2) is 28.3 Å². The normalized spacial score (nSPS) is 11.5. The highest BCUT2D eigenvalue weighted by Gasteiger charge is 2.20. The van der Waals surface area contributed by atoms with Gasteiger partial charge in [0.05, 0.1) is 5.69 Å². The number of carbonyl (C=O) groups is 2. The number of anilines is 1. The molecule has 2 aromatic rings. The number of phenols is 1. The van der Waals surface area contributed by atoms with Crippen LogP contribution in [-0.2, 0) is 16.1 Å². The first-order valence-corrected chi connectivity index (χ1v) is 8.54. The summed E-state index contributed by atoms with van der Waals surface area (Å²) in [6.45, 7) is 5.23. The Bertz CT molecular complexity index is 833. The van der Waals surface area contributed by atoms with Gasteiger partial charge in [-0.25, -0.2) is 4.79 Å². The quantitative estimate of drug-likeness (QED) is 0.369. The van der Waals surface area contributed by atoms with E-state index in [0.29, 0.717) is 12.2 Å².